The van der Waals surface area contributed by atoms with Gasteiger partial charge in [0.05, 0.1) is 19.7 Å². The number of ether oxygens (including phenoxy) is 2. The van der Waals surface area contributed by atoms with Crippen LogP contribution in [-0.4, -0.2) is 54.4 Å². The Kier molecular flexibility index (Phi) is 5.23. The van der Waals surface area contributed by atoms with Crippen LogP contribution in [0.3, 0.4) is 0 Å². The number of nitrogens with zero attached hydrogens (tertiary/aromatic N) is 2. The number of fused-ring (bicyclic) bond motifs is 1. The van der Waals surface area contributed by atoms with Gasteiger partial charge in [-0.2, -0.15) is 0 Å². The van der Waals surface area contributed by atoms with Crippen LogP contribution in [0.4, 0.5) is 4.79 Å². The Morgan fingerprint density at radius 1 is 1.28 bits per heavy atom. The van der Waals surface area contributed by atoms with Crippen LogP contribution >= 0.6 is 0 Å². The maximum Gasteiger partial charge on any atom is 0.404 e. The molecule has 2 heterocycles. The number of nitrogens with one attached hydrogen (secondary N) is 1. The molecule has 0 saturated carbocycles. The van der Waals surface area contributed by atoms with Crippen molar-refractivity contribution >= 4 is 17.0 Å². The van der Waals surface area contributed by atoms with E-state index in [4.69, 9.17) is 14.6 Å². The molecule has 2 aromatic rings. The van der Waals surface area contributed by atoms with E-state index in [0.717, 1.165) is 43.4 Å². The monoisotopic (exact) mass is 345 g/mol. The number of aromatic nitrogens is 1. The van der Waals surface area contributed by atoms with Crippen molar-refractivity contribution in [3.05, 3.63) is 30.0 Å². The fourth-order valence-corrected chi connectivity index (χ4v) is 3.32. The third kappa shape index (κ3) is 3.93. The number of carboxylic acid groups (broad SMARTS) is 1. The molecule has 0 bridgehead atoms. The van der Waals surface area contributed by atoms with E-state index in [-0.39, 0.29) is 6.04 Å². The van der Waals surface area contributed by atoms with E-state index in [0.29, 0.717) is 11.5 Å². The molecule has 1 saturated heterocycles. The van der Waals surface area contributed by atoms with Crippen molar-refractivity contribution < 1.29 is 19.4 Å². The number of rotatable bonds is 5. The normalized spacial score (nSPS) is 15.9. The number of hydrogen-bond donors (Lipinski definition) is 2. The SMILES string of the molecule is COc1cc2nccc(CN3CCC(NC(=O)O)CC3)c2cc1OC. The second-order valence-electron chi connectivity index (χ2n) is 6.19. The third-order valence-corrected chi connectivity index (χ3v) is 4.65. The van der Waals surface area contributed by atoms with E-state index in [1.807, 2.05) is 24.4 Å². The first-order chi connectivity index (χ1) is 12.1. The zero-order valence-corrected chi connectivity index (χ0v) is 14.5. The Bertz CT molecular complexity index is 757. The van der Waals surface area contributed by atoms with Gasteiger partial charge in [0.2, 0.25) is 0 Å². The van der Waals surface area contributed by atoms with Crippen molar-refractivity contribution in [3.8, 4) is 11.5 Å². The number of hydrogen-bond acceptors (Lipinski definition) is 5. The molecule has 2 N–H and O–H groups in total. The summed E-state index contributed by atoms with van der Waals surface area (Å²) in [4.78, 5) is 17.5. The summed E-state index contributed by atoms with van der Waals surface area (Å²) in [5.74, 6) is 1.36. The molecular weight excluding hydrogens is 322 g/mol. The molecule has 1 fully saturated rings. The first-order valence-electron chi connectivity index (χ1n) is 8.32. The molecule has 0 radical (unpaired) electrons. The van der Waals surface area contributed by atoms with E-state index < -0.39 is 6.09 Å². The molecular formula is C18H23N3O4. The number of benzene rings is 1. The van der Waals surface area contributed by atoms with Crippen LogP contribution in [0.2, 0.25) is 0 Å². The van der Waals surface area contributed by atoms with Crippen LogP contribution < -0.4 is 14.8 Å². The van der Waals surface area contributed by atoms with Gasteiger partial charge in [0.25, 0.3) is 0 Å². The number of piperidine rings is 1. The molecule has 3 rings (SSSR count). The summed E-state index contributed by atoms with van der Waals surface area (Å²) in [7, 11) is 3.24. The molecule has 134 valence electrons. The molecule has 7 heteroatoms. The molecule has 25 heavy (non-hydrogen) atoms. The number of pyridine rings is 1. The smallest absolute Gasteiger partial charge is 0.404 e. The van der Waals surface area contributed by atoms with Gasteiger partial charge in [-0.05, 0) is 30.5 Å². The van der Waals surface area contributed by atoms with Crippen LogP contribution in [0.1, 0.15) is 18.4 Å². The predicted octanol–water partition coefficient (Wildman–Crippen LogP) is 2.48. The quantitative estimate of drug-likeness (QED) is 0.866. The van der Waals surface area contributed by atoms with Crippen LogP contribution in [0.15, 0.2) is 24.4 Å². The second-order valence-corrected chi connectivity index (χ2v) is 6.19. The lowest BCUT2D eigenvalue weighted by Crippen LogP contribution is -2.43. The van der Waals surface area contributed by atoms with Crippen molar-refractivity contribution in [2.24, 2.45) is 0 Å². The minimum Gasteiger partial charge on any atom is -0.493 e. The molecule has 0 aliphatic carbocycles. The summed E-state index contributed by atoms with van der Waals surface area (Å²) in [5, 5.41) is 12.4. The van der Waals surface area contributed by atoms with Gasteiger partial charge in [-0.3, -0.25) is 9.88 Å². The van der Waals surface area contributed by atoms with Crippen LogP contribution in [0.5, 0.6) is 11.5 Å². The van der Waals surface area contributed by atoms with Crippen molar-refractivity contribution in [1.82, 2.24) is 15.2 Å². The average molecular weight is 345 g/mol. The zero-order chi connectivity index (χ0) is 17.8. The summed E-state index contributed by atoms with van der Waals surface area (Å²) in [6.45, 7) is 2.53. The maximum atomic E-state index is 10.7. The Labute approximate surface area is 146 Å². The highest BCUT2D eigenvalue weighted by Crippen LogP contribution is 2.33. The molecule has 0 atom stereocenters. The number of carbonyl (C=O) groups is 1. The molecule has 1 aromatic heterocycles. The lowest BCUT2D eigenvalue weighted by molar-refractivity contribution is 0.165. The fraction of sp³-hybridized carbons (Fsp3) is 0.444. The average Bonchev–Trinajstić information content (AvgIpc) is 2.62. The summed E-state index contributed by atoms with van der Waals surface area (Å²) in [5.41, 5.74) is 2.05. The number of likely N-dealkylation sites (tertiary alicyclic amines) is 1. The van der Waals surface area contributed by atoms with Gasteiger partial charge in [0, 0.05) is 43.3 Å². The first kappa shape index (κ1) is 17.3. The van der Waals surface area contributed by atoms with Crippen LogP contribution in [-0.2, 0) is 6.54 Å². The summed E-state index contributed by atoms with van der Waals surface area (Å²) >= 11 is 0. The van der Waals surface area contributed by atoms with Gasteiger partial charge in [0.15, 0.2) is 11.5 Å². The highest BCUT2D eigenvalue weighted by molar-refractivity contribution is 5.85. The van der Waals surface area contributed by atoms with Gasteiger partial charge in [-0.25, -0.2) is 4.79 Å². The largest absolute Gasteiger partial charge is 0.493 e. The van der Waals surface area contributed by atoms with Crippen molar-refractivity contribution in [2.75, 3.05) is 27.3 Å². The van der Waals surface area contributed by atoms with Gasteiger partial charge in [-0.15, -0.1) is 0 Å². The molecule has 1 aliphatic heterocycles. The van der Waals surface area contributed by atoms with Gasteiger partial charge in [-0.1, -0.05) is 0 Å². The molecule has 1 amide bonds. The Balaban J connectivity index is 1.77. The highest BCUT2D eigenvalue weighted by Gasteiger charge is 2.21. The third-order valence-electron chi connectivity index (χ3n) is 4.65. The minimum atomic E-state index is -0.945. The van der Waals surface area contributed by atoms with Gasteiger partial charge in [0.1, 0.15) is 0 Å². The standard InChI is InChI=1S/C18H23N3O4/c1-24-16-9-14-12(3-6-19-15(14)10-17(16)25-2)11-21-7-4-13(5-8-21)20-18(22)23/h3,6,9-10,13,20H,4-5,7-8,11H2,1-2H3,(H,22,23). The molecule has 1 aromatic carbocycles. The van der Waals surface area contributed by atoms with Crippen molar-refractivity contribution in [1.29, 1.82) is 0 Å². The molecule has 1 aliphatic rings. The number of amides is 1. The lowest BCUT2D eigenvalue weighted by atomic mass is 10.0. The molecule has 0 spiro atoms. The molecule has 7 nitrogen and oxygen atoms in total. The zero-order valence-electron chi connectivity index (χ0n) is 14.5. The van der Waals surface area contributed by atoms with E-state index in [2.05, 4.69) is 15.2 Å². The van der Waals surface area contributed by atoms with E-state index in [1.54, 1.807) is 14.2 Å². The Morgan fingerprint density at radius 2 is 1.96 bits per heavy atom. The van der Waals surface area contributed by atoms with Crippen molar-refractivity contribution in [2.45, 2.75) is 25.4 Å². The summed E-state index contributed by atoms with van der Waals surface area (Å²) in [6, 6.07) is 5.93. The topological polar surface area (TPSA) is 83.9 Å². The Hall–Kier alpha value is -2.54. The van der Waals surface area contributed by atoms with E-state index >= 15 is 0 Å². The Morgan fingerprint density at radius 3 is 2.60 bits per heavy atom. The van der Waals surface area contributed by atoms with E-state index in [1.165, 1.54) is 5.56 Å². The van der Waals surface area contributed by atoms with Crippen molar-refractivity contribution in [3.63, 3.8) is 0 Å². The fourth-order valence-electron chi connectivity index (χ4n) is 3.32. The minimum absolute atomic E-state index is 0.0484. The van der Waals surface area contributed by atoms with Crippen LogP contribution in [0.25, 0.3) is 10.9 Å². The maximum absolute atomic E-state index is 10.7. The van der Waals surface area contributed by atoms with Crippen LogP contribution in [0, 0.1) is 0 Å². The predicted molar refractivity (Wildman–Crippen MR) is 94.3 cm³/mol. The lowest BCUT2D eigenvalue weighted by Gasteiger charge is -2.32. The van der Waals surface area contributed by atoms with Gasteiger partial charge < -0.3 is 19.9 Å². The number of methoxy groups -OCH3 is 2. The highest BCUT2D eigenvalue weighted by atomic mass is 16.5. The van der Waals surface area contributed by atoms with E-state index in [9.17, 15) is 4.79 Å². The second kappa shape index (κ2) is 7.57. The summed E-state index contributed by atoms with van der Waals surface area (Å²) in [6.07, 6.45) is 2.51. The molecule has 0 unspecified atom stereocenters. The van der Waals surface area contributed by atoms with Gasteiger partial charge >= 0.3 is 6.09 Å². The first-order valence-corrected chi connectivity index (χ1v) is 8.32. The summed E-state index contributed by atoms with van der Waals surface area (Å²) < 4.78 is 10.8.